The fourth-order valence-electron chi connectivity index (χ4n) is 4.33. The van der Waals surface area contributed by atoms with Gasteiger partial charge in [0.2, 0.25) is 5.95 Å². The van der Waals surface area contributed by atoms with Gasteiger partial charge in [0.1, 0.15) is 4.70 Å². The van der Waals surface area contributed by atoms with E-state index < -0.39 is 0 Å². The van der Waals surface area contributed by atoms with Crippen molar-refractivity contribution in [2.45, 2.75) is 13.5 Å². The van der Waals surface area contributed by atoms with Gasteiger partial charge in [0, 0.05) is 57.4 Å². The number of rotatable bonds is 4. The number of aromatic amines is 1. The predicted molar refractivity (Wildman–Crippen MR) is 125 cm³/mol. The van der Waals surface area contributed by atoms with Crippen LogP contribution in [-0.4, -0.2) is 57.1 Å². The molecule has 162 valence electrons. The average molecular weight is 440 g/mol. The molecule has 31 heavy (non-hydrogen) atoms. The predicted octanol–water partition coefficient (Wildman–Crippen LogP) is 1.61. The summed E-state index contributed by atoms with van der Waals surface area (Å²) in [5.41, 5.74) is 3.52. The molecule has 0 amide bonds. The topological polar surface area (TPSA) is 90.7 Å². The second kappa shape index (κ2) is 7.54. The number of hydrogen-bond acceptors (Lipinski definition) is 7. The molecule has 0 atom stereocenters. The van der Waals surface area contributed by atoms with Gasteiger partial charge in [-0.2, -0.15) is 0 Å². The summed E-state index contributed by atoms with van der Waals surface area (Å²) in [6.45, 7) is 6.64. The highest BCUT2D eigenvalue weighted by Gasteiger charge is 2.21. The molecule has 0 unspecified atom stereocenters. The fourth-order valence-corrected chi connectivity index (χ4v) is 5.46. The Morgan fingerprint density at radius 1 is 1.19 bits per heavy atom. The monoisotopic (exact) mass is 439 g/mol. The molecule has 4 aromatic rings. The fraction of sp³-hybridized carbons (Fsp3) is 0.381. The Labute approximate surface area is 182 Å². The van der Waals surface area contributed by atoms with Crippen LogP contribution in [0.1, 0.15) is 10.6 Å². The van der Waals surface area contributed by atoms with Crippen LogP contribution in [0.4, 0.5) is 11.6 Å². The first-order valence-corrected chi connectivity index (χ1v) is 11.1. The highest BCUT2D eigenvalue weighted by molar-refractivity contribution is 7.18. The molecule has 0 spiro atoms. The number of hydrogen-bond donors (Lipinski definition) is 2. The summed E-state index contributed by atoms with van der Waals surface area (Å²) in [6.07, 6.45) is 1.88. The molecular weight excluding hydrogens is 414 g/mol. The molecule has 5 rings (SSSR count). The minimum atomic E-state index is -0.373. The maximum Gasteiger partial charge on any atom is 0.328 e. The van der Waals surface area contributed by atoms with Crippen LogP contribution in [0.25, 0.3) is 15.7 Å². The number of anilines is 2. The van der Waals surface area contributed by atoms with Crippen molar-refractivity contribution >= 4 is 38.7 Å². The second-order valence-corrected chi connectivity index (χ2v) is 9.05. The summed E-state index contributed by atoms with van der Waals surface area (Å²) in [4.78, 5) is 37.3. The SMILES string of the molecule is CNc1ncc2ccc(N3CCN(Cc4cc5[nH]c(=O)n(C)c(=O)c5s4)CC3)c(C)n12. The second-order valence-electron chi connectivity index (χ2n) is 7.91. The summed E-state index contributed by atoms with van der Waals surface area (Å²) >= 11 is 1.47. The van der Waals surface area contributed by atoms with Gasteiger partial charge in [-0.15, -0.1) is 11.3 Å². The largest absolute Gasteiger partial charge is 0.368 e. The van der Waals surface area contributed by atoms with Gasteiger partial charge in [0.15, 0.2) is 0 Å². The van der Waals surface area contributed by atoms with Crippen molar-refractivity contribution in [3.8, 4) is 0 Å². The molecule has 5 heterocycles. The smallest absolute Gasteiger partial charge is 0.328 e. The molecule has 0 aliphatic carbocycles. The highest BCUT2D eigenvalue weighted by Crippen LogP contribution is 2.27. The van der Waals surface area contributed by atoms with Crippen molar-refractivity contribution in [1.29, 1.82) is 0 Å². The van der Waals surface area contributed by atoms with Gasteiger partial charge in [-0.05, 0) is 25.1 Å². The van der Waals surface area contributed by atoms with E-state index in [0.29, 0.717) is 10.2 Å². The van der Waals surface area contributed by atoms with Crippen molar-refractivity contribution in [3.63, 3.8) is 0 Å². The third-order valence-electron chi connectivity index (χ3n) is 6.05. The molecule has 1 aliphatic rings. The van der Waals surface area contributed by atoms with Crippen molar-refractivity contribution in [2.24, 2.45) is 7.05 Å². The van der Waals surface area contributed by atoms with Crippen LogP contribution in [0.2, 0.25) is 0 Å². The van der Waals surface area contributed by atoms with Crippen LogP contribution in [0.5, 0.6) is 0 Å². The zero-order valence-electron chi connectivity index (χ0n) is 17.8. The van der Waals surface area contributed by atoms with E-state index >= 15 is 0 Å². The molecule has 1 fully saturated rings. The number of nitrogens with zero attached hydrogens (tertiary/aromatic N) is 5. The molecule has 0 aromatic carbocycles. The number of imidazole rings is 1. The minimum absolute atomic E-state index is 0.230. The lowest BCUT2D eigenvalue weighted by Crippen LogP contribution is -2.46. The van der Waals surface area contributed by atoms with Crippen LogP contribution in [0, 0.1) is 6.92 Å². The molecule has 1 aliphatic heterocycles. The number of thiophene rings is 1. The van der Waals surface area contributed by atoms with Crippen molar-refractivity contribution in [3.05, 3.63) is 55.8 Å². The lowest BCUT2D eigenvalue weighted by Gasteiger charge is -2.36. The van der Waals surface area contributed by atoms with E-state index in [9.17, 15) is 9.59 Å². The van der Waals surface area contributed by atoms with Crippen LogP contribution in [-0.2, 0) is 13.6 Å². The molecule has 2 N–H and O–H groups in total. The third kappa shape index (κ3) is 3.31. The number of piperazine rings is 1. The third-order valence-corrected chi connectivity index (χ3v) is 7.16. The van der Waals surface area contributed by atoms with Crippen molar-refractivity contribution in [1.82, 2.24) is 23.8 Å². The Hall–Kier alpha value is -3.11. The Bertz CT molecular complexity index is 1390. The van der Waals surface area contributed by atoms with Gasteiger partial charge in [-0.1, -0.05) is 0 Å². The van der Waals surface area contributed by atoms with E-state index in [0.717, 1.165) is 53.6 Å². The molecule has 9 nitrogen and oxygen atoms in total. The molecule has 0 radical (unpaired) electrons. The number of fused-ring (bicyclic) bond motifs is 2. The Morgan fingerprint density at radius 3 is 2.71 bits per heavy atom. The van der Waals surface area contributed by atoms with Gasteiger partial charge in [0.05, 0.1) is 22.9 Å². The summed E-state index contributed by atoms with van der Waals surface area (Å²) < 4.78 is 3.89. The van der Waals surface area contributed by atoms with E-state index in [1.165, 1.54) is 29.8 Å². The summed E-state index contributed by atoms with van der Waals surface area (Å²) in [5.74, 6) is 0.849. The minimum Gasteiger partial charge on any atom is -0.368 e. The first kappa shape index (κ1) is 19.8. The molecule has 10 heteroatoms. The Balaban J connectivity index is 1.32. The maximum absolute atomic E-state index is 12.3. The summed E-state index contributed by atoms with van der Waals surface area (Å²) in [7, 11) is 3.39. The summed E-state index contributed by atoms with van der Waals surface area (Å²) in [5, 5.41) is 3.16. The van der Waals surface area contributed by atoms with E-state index in [2.05, 4.69) is 48.5 Å². The van der Waals surface area contributed by atoms with Crippen molar-refractivity contribution < 1.29 is 0 Å². The first-order chi connectivity index (χ1) is 15.0. The van der Waals surface area contributed by atoms with Crippen LogP contribution in [0.15, 0.2) is 34.0 Å². The molecule has 0 bridgehead atoms. The molecule has 1 saturated heterocycles. The van der Waals surface area contributed by atoms with E-state index in [-0.39, 0.29) is 11.2 Å². The lowest BCUT2D eigenvalue weighted by atomic mass is 10.2. The van der Waals surface area contributed by atoms with Gasteiger partial charge in [-0.25, -0.2) is 9.78 Å². The van der Waals surface area contributed by atoms with E-state index in [4.69, 9.17) is 0 Å². The van der Waals surface area contributed by atoms with E-state index in [1.807, 2.05) is 19.3 Å². The van der Waals surface area contributed by atoms with E-state index in [1.54, 1.807) is 0 Å². The number of aromatic nitrogens is 4. The molecule has 4 aromatic heterocycles. The molecular formula is C21H25N7O2S. The number of nitrogens with one attached hydrogen (secondary N) is 2. The zero-order valence-corrected chi connectivity index (χ0v) is 18.6. The van der Waals surface area contributed by atoms with Crippen LogP contribution < -0.4 is 21.5 Å². The van der Waals surface area contributed by atoms with Gasteiger partial charge < -0.3 is 15.2 Å². The summed E-state index contributed by atoms with van der Waals surface area (Å²) in [6, 6.07) is 6.23. The van der Waals surface area contributed by atoms with Crippen molar-refractivity contribution in [2.75, 3.05) is 43.4 Å². The van der Waals surface area contributed by atoms with Crippen LogP contribution >= 0.6 is 11.3 Å². The Kier molecular flexibility index (Phi) is 4.82. The number of H-pyrrole nitrogens is 1. The number of pyridine rings is 1. The zero-order chi connectivity index (χ0) is 21.7. The van der Waals surface area contributed by atoms with Gasteiger partial charge >= 0.3 is 5.69 Å². The van der Waals surface area contributed by atoms with Gasteiger partial charge in [-0.3, -0.25) is 18.7 Å². The number of aryl methyl sites for hydroxylation is 1. The standard InChI is InChI=1S/C21H25N7O2S/c1-13-17(5-4-14-11-23-20(22-2)28(13)14)27-8-6-26(7-9-27)12-15-10-16-18(31-15)19(29)25(3)21(30)24-16/h4-5,10-11H,6-9,12H2,1-3H3,(H,22,23)(H,24,30). The Morgan fingerprint density at radius 2 is 1.97 bits per heavy atom. The van der Waals surface area contributed by atoms with Crippen LogP contribution in [0.3, 0.4) is 0 Å². The highest BCUT2D eigenvalue weighted by atomic mass is 32.1. The maximum atomic E-state index is 12.3. The average Bonchev–Trinajstić information content (AvgIpc) is 3.37. The first-order valence-electron chi connectivity index (χ1n) is 10.3. The quantitative estimate of drug-likeness (QED) is 0.502. The lowest BCUT2D eigenvalue weighted by molar-refractivity contribution is 0.252. The molecule has 0 saturated carbocycles. The normalized spacial score (nSPS) is 15.3. The van der Waals surface area contributed by atoms with Gasteiger partial charge in [0.25, 0.3) is 5.56 Å².